The number of anilines is 2. The number of rotatable bonds is 1. The fourth-order valence-corrected chi connectivity index (χ4v) is 5.67. The molecule has 196 valence electrons. The first-order valence-corrected chi connectivity index (χ1v) is 13.3. The normalized spacial score (nSPS) is 21.0. The Morgan fingerprint density at radius 3 is 2.76 bits per heavy atom. The lowest BCUT2D eigenvalue weighted by molar-refractivity contribution is 0.0601. The molecule has 9 nitrogen and oxygen atoms in total. The molecule has 1 aromatic carbocycles. The Labute approximate surface area is 216 Å². The summed E-state index contributed by atoms with van der Waals surface area (Å²) < 4.78 is 22.2. The predicted octanol–water partition coefficient (Wildman–Crippen LogP) is 3.17. The van der Waals surface area contributed by atoms with Gasteiger partial charge in [-0.2, -0.15) is 9.61 Å². The van der Waals surface area contributed by atoms with Gasteiger partial charge >= 0.3 is 0 Å². The van der Waals surface area contributed by atoms with Gasteiger partial charge in [0.15, 0.2) is 5.65 Å². The molecule has 0 radical (unpaired) electrons. The van der Waals surface area contributed by atoms with Gasteiger partial charge in [0.25, 0.3) is 5.91 Å². The van der Waals surface area contributed by atoms with Crippen LogP contribution in [-0.2, 0) is 0 Å². The van der Waals surface area contributed by atoms with Crippen LogP contribution in [0.3, 0.4) is 0 Å². The first kappa shape index (κ1) is 24.0. The van der Waals surface area contributed by atoms with Crippen LogP contribution in [0.1, 0.15) is 53.3 Å². The second-order valence-electron chi connectivity index (χ2n) is 10.2. The summed E-state index contributed by atoms with van der Waals surface area (Å²) in [6.45, 7) is 7.26. The first-order chi connectivity index (χ1) is 18.0. The molecule has 2 bridgehead atoms. The maximum absolute atomic E-state index is 14.3. The topological polar surface area (TPSA) is 78.2 Å². The number of likely N-dealkylation sites (N-methyl/N-ethyl adjacent to an activating group) is 1. The van der Waals surface area contributed by atoms with E-state index in [0.717, 1.165) is 74.0 Å². The SMILES string of the molecule is Cc1c(N2CCC2)nc2cc3nn2c1N(C)CCNCCOc1ccc(F)cc1C(=O)N1CCCCC31. The Bertz CT molecular complexity index is 1320. The Kier molecular flexibility index (Phi) is 6.36. The molecule has 0 saturated carbocycles. The van der Waals surface area contributed by atoms with E-state index in [0.29, 0.717) is 25.4 Å². The fraction of sp³-hybridized carbons (Fsp3) is 0.519. The van der Waals surface area contributed by atoms with Crippen molar-refractivity contribution in [2.24, 2.45) is 0 Å². The van der Waals surface area contributed by atoms with Crippen molar-refractivity contribution >= 4 is 23.2 Å². The molecule has 1 atom stereocenters. The zero-order valence-corrected chi connectivity index (χ0v) is 21.5. The summed E-state index contributed by atoms with van der Waals surface area (Å²) in [4.78, 5) is 25.2. The average molecular weight is 508 g/mol. The van der Waals surface area contributed by atoms with E-state index >= 15 is 0 Å². The third-order valence-corrected chi connectivity index (χ3v) is 7.76. The number of halogens is 1. The van der Waals surface area contributed by atoms with Gasteiger partial charge < -0.3 is 24.8 Å². The maximum atomic E-state index is 14.3. The van der Waals surface area contributed by atoms with Gasteiger partial charge in [-0.25, -0.2) is 9.37 Å². The number of nitrogens with one attached hydrogen (secondary N) is 1. The quantitative estimate of drug-likeness (QED) is 0.542. The van der Waals surface area contributed by atoms with E-state index in [2.05, 4.69) is 29.1 Å². The van der Waals surface area contributed by atoms with Gasteiger partial charge in [-0.05, 0) is 50.8 Å². The predicted molar refractivity (Wildman–Crippen MR) is 140 cm³/mol. The first-order valence-electron chi connectivity index (χ1n) is 13.3. The molecule has 2 saturated heterocycles. The van der Waals surface area contributed by atoms with Crippen LogP contribution in [-0.4, -0.2) is 78.3 Å². The minimum atomic E-state index is -0.449. The van der Waals surface area contributed by atoms with Gasteiger partial charge in [0.2, 0.25) is 0 Å². The fourth-order valence-electron chi connectivity index (χ4n) is 5.67. The summed E-state index contributed by atoms with van der Waals surface area (Å²) in [5.41, 5.74) is 2.97. The van der Waals surface area contributed by atoms with Gasteiger partial charge in [0, 0.05) is 57.9 Å². The van der Waals surface area contributed by atoms with Crippen LogP contribution in [0.4, 0.5) is 16.0 Å². The van der Waals surface area contributed by atoms with Gasteiger partial charge in [-0.3, -0.25) is 4.79 Å². The van der Waals surface area contributed by atoms with Crippen LogP contribution < -0.4 is 19.9 Å². The molecule has 10 heteroatoms. The Hall–Kier alpha value is -3.40. The van der Waals surface area contributed by atoms with Crippen LogP contribution in [0.5, 0.6) is 5.75 Å². The van der Waals surface area contributed by atoms with Crippen molar-refractivity contribution in [3.63, 3.8) is 0 Å². The number of fused-ring (bicyclic) bond motifs is 4. The summed E-state index contributed by atoms with van der Waals surface area (Å²) in [6, 6.07) is 6.00. The van der Waals surface area contributed by atoms with Crippen molar-refractivity contribution < 1.29 is 13.9 Å². The zero-order chi connectivity index (χ0) is 25.5. The Balaban J connectivity index is 1.48. The van der Waals surface area contributed by atoms with Gasteiger partial charge in [0.1, 0.15) is 29.8 Å². The molecule has 6 rings (SSSR count). The number of ether oxygens (including phenoxy) is 1. The lowest BCUT2D eigenvalue weighted by Crippen LogP contribution is -2.39. The number of hydrogen-bond donors (Lipinski definition) is 1. The largest absolute Gasteiger partial charge is 0.491 e. The summed E-state index contributed by atoms with van der Waals surface area (Å²) >= 11 is 0. The number of piperidine rings is 1. The molecule has 0 spiro atoms. The number of nitrogens with zero attached hydrogens (tertiary/aromatic N) is 6. The molecule has 3 aliphatic heterocycles. The number of aromatic nitrogens is 3. The summed E-state index contributed by atoms with van der Waals surface area (Å²) in [6.07, 6.45) is 3.87. The van der Waals surface area contributed by atoms with Crippen LogP contribution in [0.2, 0.25) is 0 Å². The van der Waals surface area contributed by atoms with Crippen LogP contribution in [0, 0.1) is 12.7 Å². The maximum Gasteiger partial charge on any atom is 0.258 e. The van der Waals surface area contributed by atoms with Crippen molar-refractivity contribution in [3.05, 3.63) is 46.9 Å². The van der Waals surface area contributed by atoms with Crippen molar-refractivity contribution in [3.8, 4) is 5.75 Å². The van der Waals surface area contributed by atoms with Gasteiger partial charge in [-0.15, -0.1) is 0 Å². The Morgan fingerprint density at radius 1 is 1.08 bits per heavy atom. The summed E-state index contributed by atoms with van der Waals surface area (Å²) in [7, 11) is 2.09. The standard InChI is InChI=1S/C27H34FN7O2/c1-18-25(33-11-5-12-33)30-24-17-21-22-6-3-4-13-34(22)27(36)20-16-19(28)7-8-23(20)37-15-10-29-9-14-32(2)26(18)35(24)31-21/h7-8,16-17,22,29H,3-6,9-15H2,1-2H3. The highest BCUT2D eigenvalue weighted by atomic mass is 19.1. The highest BCUT2D eigenvalue weighted by Crippen LogP contribution is 2.36. The van der Waals surface area contributed by atoms with E-state index in [4.69, 9.17) is 14.8 Å². The smallest absolute Gasteiger partial charge is 0.258 e. The number of amides is 1. The average Bonchev–Trinajstić information content (AvgIpc) is 3.28. The second kappa shape index (κ2) is 9.81. The minimum Gasteiger partial charge on any atom is -0.491 e. The van der Waals surface area contributed by atoms with Crippen molar-refractivity contribution in [2.45, 2.75) is 38.6 Å². The molecule has 3 aliphatic rings. The molecule has 1 amide bonds. The molecule has 2 aromatic heterocycles. The van der Waals surface area contributed by atoms with E-state index in [1.165, 1.54) is 18.6 Å². The number of carbonyl (C=O) groups is 1. The molecular weight excluding hydrogens is 473 g/mol. The number of carbonyl (C=O) groups excluding carboxylic acids is 1. The third-order valence-electron chi connectivity index (χ3n) is 7.76. The molecule has 0 aliphatic carbocycles. The molecule has 5 heterocycles. The third kappa shape index (κ3) is 4.37. The molecule has 1 unspecified atom stereocenters. The number of hydrogen-bond acceptors (Lipinski definition) is 7. The highest BCUT2D eigenvalue weighted by molar-refractivity contribution is 5.97. The van der Waals surface area contributed by atoms with Crippen molar-refractivity contribution in [1.82, 2.24) is 24.8 Å². The summed E-state index contributed by atoms with van der Waals surface area (Å²) in [5, 5.41) is 8.46. The van der Waals surface area contributed by atoms with E-state index in [9.17, 15) is 9.18 Å². The van der Waals surface area contributed by atoms with E-state index in [1.54, 1.807) is 6.07 Å². The molecule has 1 N–H and O–H groups in total. The molecule has 37 heavy (non-hydrogen) atoms. The van der Waals surface area contributed by atoms with Crippen LogP contribution in [0.25, 0.3) is 5.65 Å². The van der Waals surface area contributed by atoms with E-state index in [1.807, 2.05) is 15.5 Å². The van der Waals surface area contributed by atoms with Crippen molar-refractivity contribution in [2.75, 3.05) is 62.7 Å². The Morgan fingerprint density at radius 2 is 1.95 bits per heavy atom. The molecule has 3 aromatic rings. The van der Waals surface area contributed by atoms with Gasteiger partial charge in [0.05, 0.1) is 17.3 Å². The van der Waals surface area contributed by atoms with Crippen molar-refractivity contribution in [1.29, 1.82) is 0 Å². The highest BCUT2D eigenvalue weighted by Gasteiger charge is 2.33. The lowest BCUT2D eigenvalue weighted by atomic mass is 9.98. The number of benzene rings is 1. The van der Waals surface area contributed by atoms with E-state index < -0.39 is 5.82 Å². The monoisotopic (exact) mass is 507 g/mol. The zero-order valence-electron chi connectivity index (χ0n) is 21.5. The minimum absolute atomic E-state index is 0.209. The van der Waals surface area contributed by atoms with Crippen LogP contribution in [0.15, 0.2) is 24.3 Å². The summed E-state index contributed by atoms with van der Waals surface area (Å²) in [5.74, 6) is 1.77. The van der Waals surface area contributed by atoms with Gasteiger partial charge in [-0.1, -0.05) is 0 Å². The molecule has 2 fully saturated rings. The van der Waals surface area contributed by atoms with Crippen LogP contribution >= 0.6 is 0 Å². The van der Waals surface area contributed by atoms with E-state index in [-0.39, 0.29) is 17.5 Å². The lowest BCUT2D eigenvalue weighted by Gasteiger charge is -2.35. The molecular formula is C27H34FN7O2. The second-order valence-corrected chi connectivity index (χ2v) is 10.2.